The minimum atomic E-state index is 0.947. The molecule has 0 bridgehead atoms. The molecule has 0 atom stereocenters. The third-order valence-electron chi connectivity index (χ3n) is 5.57. The molecule has 0 radical (unpaired) electrons. The van der Waals surface area contributed by atoms with E-state index in [0.717, 1.165) is 22.1 Å². The molecule has 0 saturated heterocycles. The predicted molar refractivity (Wildman–Crippen MR) is 118 cm³/mol. The van der Waals surface area contributed by atoms with Crippen molar-refractivity contribution in [3.05, 3.63) is 60.7 Å². The Morgan fingerprint density at radius 3 is 1.18 bits per heavy atom. The van der Waals surface area contributed by atoms with Gasteiger partial charge in [0.25, 0.3) is 0 Å². The Balaban J connectivity index is 1.92. The minimum Gasteiger partial charge on any atom is -0.173 e. The van der Waals surface area contributed by atoms with Gasteiger partial charge in [0.1, 0.15) is 22.1 Å². The highest BCUT2D eigenvalue weighted by Crippen LogP contribution is 2.40. The van der Waals surface area contributed by atoms with Crippen LogP contribution in [0.3, 0.4) is 0 Å². The maximum absolute atomic E-state index is 4.64. The maximum Gasteiger partial charge on any atom is 0.113 e. The van der Waals surface area contributed by atoms with E-state index in [0.29, 0.717) is 0 Å². The second-order valence-electron chi connectivity index (χ2n) is 6.98. The van der Waals surface area contributed by atoms with Gasteiger partial charge in [0.2, 0.25) is 0 Å². The largest absolute Gasteiger partial charge is 0.173 e. The van der Waals surface area contributed by atoms with Crippen molar-refractivity contribution in [2.75, 3.05) is 0 Å². The zero-order chi connectivity index (χ0) is 18.2. The van der Waals surface area contributed by atoms with Gasteiger partial charge >= 0.3 is 0 Å². The number of fused-ring (bicyclic) bond motifs is 11. The quantitative estimate of drug-likeness (QED) is 0.283. The summed E-state index contributed by atoms with van der Waals surface area (Å²) in [5, 5.41) is 9.55. The molecule has 0 N–H and O–H groups in total. The first-order valence-corrected chi connectivity index (χ1v) is 10.4. The van der Waals surface area contributed by atoms with Crippen LogP contribution in [-0.4, -0.2) is 17.5 Å². The van der Waals surface area contributed by atoms with Crippen LogP contribution in [0.4, 0.5) is 0 Å². The van der Waals surface area contributed by atoms with E-state index in [9.17, 15) is 0 Å². The number of hydrogen-bond acceptors (Lipinski definition) is 6. The molecule has 28 heavy (non-hydrogen) atoms. The highest BCUT2D eigenvalue weighted by Gasteiger charge is 2.15. The van der Waals surface area contributed by atoms with Crippen LogP contribution in [0.5, 0.6) is 0 Å². The van der Waals surface area contributed by atoms with Gasteiger partial charge in [-0.3, -0.25) is 0 Å². The van der Waals surface area contributed by atoms with Crippen LogP contribution >= 0.6 is 23.5 Å². The summed E-state index contributed by atoms with van der Waals surface area (Å²) < 4.78 is 18.2. The van der Waals surface area contributed by atoms with Gasteiger partial charge in [-0.2, -0.15) is 17.5 Å². The third-order valence-corrected chi connectivity index (χ3v) is 6.66. The molecule has 0 aliphatic heterocycles. The lowest BCUT2D eigenvalue weighted by Gasteiger charge is -2.11. The fourth-order valence-corrected chi connectivity index (χ4v) is 5.43. The Labute approximate surface area is 166 Å². The molecule has 0 aliphatic rings. The van der Waals surface area contributed by atoms with E-state index in [1.165, 1.54) is 66.5 Å². The van der Waals surface area contributed by atoms with Gasteiger partial charge in [-0.25, -0.2) is 0 Å². The fraction of sp³-hybridized carbons (Fsp3) is 0. The Bertz CT molecular complexity index is 1590. The van der Waals surface area contributed by atoms with Crippen molar-refractivity contribution in [1.82, 2.24) is 17.5 Å². The summed E-state index contributed by atoms with van der Waals surface area (Å²) in [4.78, 5) is 0. The van der Waals surface area contributed by atoms with E-state index < -0.39 is 0 Å². The topological polar surface area (TPSA) is 51.6 Å². The number of rotatable bonds is 0. The minimum absolute atomic E-state index is 0.947. The highest BCUT2D eigenvalue weighted by atomic mass is 32.1. The summed E-state index contributed by atoms with van der Waals surface area (Å²) in [7, 11) is 0. The second-order valence-corrected chi connectivity index (χ2v) is 8.04. The van der Waals surface area contributed by atoms with Crippen LogP contribution in [0.1, 0.15) is 0 Å². The van der Waals surface area contributed by atoms with Gasteiger partial charge in [-0.05, 0) is 33.7 Å². The van der Waals surface area contributed by atoms with E-state index >= 15 is 0 Å². The molecular formula is C22H10N4S2. The van der Waals surface area contributed by atoms with Crippen LogP contribution in [0.2, 0.25) is 0 Å². The van der Waals surface area contributed by atoms with Crippen molar-refractivity contribution in [2.45, 2.75) is 0 Å². The van der Waals surface area contributed by atoms with Gasteiger partial charge in [-0.15, -0.1) is 0 Å². The molecule has 0 fully saturated rings. The van der Waals surface area contributed by atoms with Crippen LogP contribution in [0.15, 0.2) is 60.7 Å². The molecule has 0 spiro atoms. The summed E-state index contributed by atoms with van der Waals surface area (Å²) in [5.74, 6) is 0. The lowest BCUT2D eigenvalue weighted by molar-refractivity contribution is 1.68. The highest BCUT2D eigenvalue weighted by molar-refractivity contribution is 7.00. The van der Waals surface area contributed by atoms with E-state index in [1.54, 1.807) is 0 Å². The molecule has 2 aromatic heterocycles. The summed E-state index contributed by atoms with van der Waals surface area (Å²) >= 11 is 2.54. The van der Waals surface area contributed by atoms with E-state index in [2.05, 4.69) is 78.2 Å². The van der Waals surface area contributed by atoms with Gasteiger partial charge in [-0.1, -0.05) is 48.5 Å². The number of aromatic nitrogens is 4. The van der Waals surface area contributed by atoms with Crippen molar-refractivity contribution in [2.24, 2.45) is 0 Å². The average molecular weight is 394 g/mol. The van der Waals surface area contributed by atoms with Crippen molar-refractivity contribution >= 4 is 88.6 Å². The van der Waals surface area contributed by atoms with Crippen molar-refractivity contribution in [3.63, 3.8) is 0 Å². The van der Waals surface area contributed by atoms with Crippen LogP contribution in [0, 0.1) is 0 Å². The van der Waals surface area contributed by atoms with Crippen LogP contribution in [0.25, 0.3) is 65.2 Å². The summed E-state index contributed by atoms with van der Waals surface area (Å²) in [6.07, 6.45) is 0. The zero-order valence-electron chi connectivity index (χ0n) is 14.4. The number of nitrogens with zero attached hydrogens (tertiary/aromatic N) is 4. The predicted octanol–water partition coefficient (Wildman–Crippen LogP) is 6.31. The number of benzene rings is 5. The lowest BCUT2D eigenvalue weighted by atomic mass is 9.92. The van der Waals surface area contributed by atoms with Gasteiger partial charge in [0, 0.05) is 21.5 Å². The van der Waals surface area contributed by atoms with Gasteiger partial charge < -0.3 is 0 Å². The Morgan fingerprint density at radius 2 is 0.750 bits per heavy atom. The van der Waals surface area contributed by atoms with Crippen molar-refractivity contribution in [3.8, 4) is 0 Å². The van der Waals surface area contributed by atoms with E-state index in [-0.39, 0.29) is 0 Å². The fourth-order valence-electron chi connectivity index (χ4n) is 4.35. The molecule has 6 heteroatoms. The first-order valence-electron chi connectivity index (χ1n) is 8.93. The average Bonchev–Trinajstić information content (AvgIpc) is 3.41. The second kappa shape index (κ2) is 5.19. The molecule has 4 nitrogen and oxygen atoms in total. The van der Waals surface area contributed by atoms with Crippen molar-refractivity contribution < 1.29 is 0 Å². The molecule has 130 valence electrons. The first kappa shape index (κ1) is 14.8. The van der Waals surface area contributed by atoms with Crippen LogP contribution in [-0.2, 0) is 0 Å². The normalized spacial score (nSPS) is 12.3. The molecule has 2 heterocycles. The summed E-state index contributed by atoms with van der Waals surface area (Å²) in [5.41, 5.74) is 3.84. The number of hydrogen-bond donors (Lipinski definition) is 0. The third kappa shape index (κ3) is 1.79. The molecule has 7 rings (SSSR count). The molecule has 0 aliphatic carbocycles. The SMILES string of the molecule is c1cc2ccc3ccc4ccc5nsnc5c4c3c2c2c1ccc1nsnc12. The molecule has 0 saturated carbocycles. The lowest BCUT2D eigenvalue weighted by Crippen LogP contribution is -1.86. The Kier molecular flexibility index (Phi) is 2.74. The molecule has 5 aromatic carbocycles. The maximum atomic E-state index is 4.64. The van der Waals surface area contributed by atoms with E-state index in [1.807, 2.05) is 0 Å². The molecular weight excluding hydrogens is 384 g/mol. The molecule has 0 amide bonds. The monoisotopic (exact) mass is 394 g/mol. The molecule has 7 aromatic rings. The molecule has 0 unspecified atom stereocenters. The van der Waals surface area contributed by atoms with Crippen LogP contribution < -0.4 is 0 Å². The van der Waals surface area contributed by atoms with E-state index in [4.69, 9.17) is 0 Å². The Morgan fingerprint density at radius 1 is 0.393 bits per heavy atom. The van der Waals surface area contributed by atoms with Gasteiger partial charge in [0.05, 0.1) is 23.5 Å². The smallest absolute Gasteiger partial charge is 0.113 e. The first-order chi connectivity index (χ1) is 13.9. The zero-order valence-corrected chi connectivity index (χ0v) is 16.0. The summed E-state index contributed by atoms with van der Waals surface area (Å²) in [6.45, 7) is 0. The Hall–Kier alpha value is -3.22. The van der Waals surface area contributed by atoms with Crippen molar-refractivity contribution in [1.29, 1.82) is 0 Å². The van der Waals surface area contributed by atoms with Gasteiger partial charge in [0.15, 0.2) is 0 Å². The summed E-state index contributed by atoms with van der Waals surface area (Å²) in [6, 6.07) is 21.5. The standard InChI is InChI=1S/C22H10N4S2/c1-2-12-4-6-14-8-10-16-22(26-28-24-16)20(14)18(12)17-11(1)3-5-13-7-9-15-21(19(13)17)25-27-23-15/h1-10H.